The molecule has 0 bridgehead atoms. The number of aliphatic hydroxyl groups excluding tert-OH is 1. The second-order valence-electron chi connectivity index (χ2n) is 5.74. The average molecular weight is 315 g/mol. The summed E-state index contributed by atoms with van der Waals surface area (Å²) in [5.41, 5.74) is 3.24. The van der Waals surface area contributed by atoms with E-state index in [0.29, 0.717) is 17.0 Å². The van der Waals surface area contributed by atoms with Crippen molar-refractivity contribution >= 4 is 5.91 Å². The molecule has 6 heteroatoms. The maximum Gasteiger partial charge on any atom is 0.272 e. The maximum atomic E-state index is 12.3. The third-order valence-corrected chi connectivity index (χ3v) is 4.21. The summed E-state index contributed by atoms with van der Waals surface area (Å²) in [7, 11) is 1.58. The van der Waals surface area contributed by atoms with Gasteiger partial charge in [0.1, 0.15) is 5.75 Å². The van der Waals surface area contributed by atoms with Crippen LogP contribution in [0.5, 0.6) is 5.75 Å². The lowest BCUT2D eigenvalue weighted by atomic mass is 9.96. The molecule has 122 valence electrons. The van der Waals surface area contributed by atoms with E-state index in [4.69, 9.17) is 4.74 Å². The summed E-state index contributed by atoms with van der Waals surface area (Å²) in [5.74, 6) is 0.431. The molecule has 23 heavy (non-hydrogen) atoms. The van der Waals surface area contributed by atoms with Crippen molar-refractivity contribution in [2.75, 3.05) is 13.7 Å². The van der Waals surface area contributed by atoms with Gasteiger partial charge in [-0.2, -0.15) is 5.10 Å². The molecule has 0 aliphatic heterocycles. The normalized spacial score (nSPS) is 14.9. The highest BCUT2D eigenvalue weighted by Crippen LogP contribution is 2.22. The van der Waals surface area contributed by atoms with E-state index in [9.17, 15) is 9.90 Å². The van der Waals surface area contributed by atoms with Gasteiger partial charge in [0.05, 0.1) is 13.2 Å². The van der Waals surface area contributed by atoms with Crippen LogP contribution in [0, 0.1) is 0 Å². The summed E-state index contributed by atoms with van der Waals surface area (Å²) in [4.78, 5) is 12.3. The molecule has 0 radical (unpaired) electrons. The average Bonchev–Trinajstić information content (AvgIpc) is 3.03. The quantitative estimate of drug-likeness (QED) is 0.784. The molecule has 1 unspecified atom stereocenters. The molecule has 0 saturated carbocycles. The lowest BCUT2D eigenvalue weighted by Gasteiger charge is -2.14. The Morgan fingerprint density at radius 3 is 3.09 bits per heavy atom. The van der Waals surface area contributed by atoms with Crippen molar-refractivity contribution in [1.82, 2.24) is 15.5 Å². The Balaban J connectivity index is 1.63. The van der Waals surface area contributed by atoms with Crippen molar-refractivity contribution in [1.29, 1.82) is 0 Å². The number of ether oxygens (including phenoxy) is 1. The summed E-state index contributed by atoms with van der Waals surface area (Å²) in [6.07, 6.45) is 3.25. The van der Waals surface area contributed by atoms with E-state index in [1.807, 2.05) is 12.1 Å². The number of nitrogens with one attached hydrogen (secondary N) is 2. The summed E-state index contributed by atoms with van der Waals surface area (Å²) in [5, 5.41) is 20.1. The fourth-order valence-corrected chi connectivity index (χ4v) is 2.91. The van der Waals surface area contributed by atoms with Crippen molar-refractivity contribution in [3.8, 4) is 5.75 Å². The SMILES string of the molecule is COc1cccc(C(O)CNC(=O)c2n[nH]c3c2CCCC3)c1. The third-order valence-electron chi connectivity index (χ3n) is 4.21. The lowest BCUT2D eigenvalue weighted by Crippen LogP contribution is -2.29. The van der Waals surface area contributed by atoms with Crippen molar-refractivity contribution in [2.45, 2.75) is 31.8 Å². The molecule has 2 aromatic rings. The van der Waals surface area contributed by atoms with Gasteiger partial charge in [-0.15, -0.1) is 0 Å². The first-order chi connectivity index (χ1) is 11.2. The zero-order chi connectivity index (χ0) is 16.2. The highest BCUT2D eigenvalue weighted by molar-refractivity contribution is 5.94. The second kappa shape index (κ2) is 6.83. The van der Waals surface area contributed by atoms with Gasteiger partial charge in [0.15, 0.2) is 5.69 Å². The number of aromatic nitrogens is 2. The van der Waals surface area contributed by atoms with Crippen LogP contribution in [0.25, 0.3) is 0 Å². The Hall–Kier alpha value is -2.34. The molecule has 1 atom stereocenters. The Labute approximate surface area is 134 Å². The van der Waals surface area contributed by atoms with Crippen LogP contribution in [0.2, 0.25) is 0 Å². The molecule has 0 fully saturated rings. The largest absolute Gasteiger partial charge is 0.497 e. The Kier molecular flexibility index (Phi) is 4.62. The Morgan fingerprint density at radius 1 is 1.43 bits per heavy atom. The van der Waals surface area contributed by atoms with Gasteiger partial charge in [-0.25, -0.2) is 0 Å². The van der Waals surface area contributed by atoms with Gasteiger partial charge in [-0.1, -0.05) is 12.1 Å². The minimum Gasteiger partial charge on any atom is -0.497 e. The highest BCUT2D eigenvalue weighted by atomic mass is 16.5. The summed E-state index contributed by atoms with van der Waals surface area (Å²) in [6.45, 7) is 0.133. The minimum absolute atomic E-state index is 0.133. The Morgan fingerprint density at radius 2 is 2.26 bits per heavy atom. The van der Waals surface area contributed by atoms with Gasteiger partial charge < -0.3 is 15.2 Å². The molecule has 6 nitrogen and oxygen atoms in total. The van der Waals surface area contributed by atoms with Crippen LogP contribution in [0.15, 0.2) is 24.3 Å². The number of fused-ring (bicyclic) bond motifs is 1. The number of amides is 1. The number of benzene rings is 1. The number of hydrogen-bond donors (Lipinski definition) is 3. The molecule has 3 N–H and O–H groups in total. The third kappa shape index (κ3) is 3.37. The van der Waals surface area contributed by atoms with E-state index in [1.165, 1.54) is 0 Å². The van der Waals surface area contributed by atoms with E-state index in [-0.39, 0.29) is 12.5 Å². The minimum atomic E-state index is -0.788. The summed E-state index contributed by atoms with van der Waals surface area (Å²) in [6, 6.07) is 7.18. The van der Waals surface area contributed by atoms with E-state index >= 15 is 0 Å². The first-order valence-electron chi connectivity index (χ1n) is 7.85. The van der Waals surface area contributed by atoms with Crippen LogP contribution in [-0.4, -0.2) is 34.9 Å². The standard InChI is InChI=1S/C17H21N3O3/c1-23-12-6-4-5-11(9-12)15(21)10-18-17(22)16-13-7-2-3-8-14(13)19-20-16/h4-6,9,15,21H,2-3,7-8,10H2,1H3,(H,18,22)(H,19,20). The smallest absolute Gasteiger partial charge is 0.272 e. The molecular formula is C17H21N3O3. The Bertz CT molecular complexity index is 696. The molecule has 1 aromatic heterocycles. The maximum absolute atomic E-state index is 12.3. The van der Waals surface area contributed by atoms with Crippen molar-refractivity contribution in [2.24, 2.45) is 0 Å². The zero-order valence-electron chi connectivity index (χ0n) is 13.1. The summed E-state index contributed by atoms with van der Waals surface area (Å²) >= 11 is 0. The van der Waals surface area contributed by atoms with Crippen molar-refractivity contribution in [3.63, 3.8) is 0 Å². The van der Waals surface area contributed by atoms with Gasteiger partial charge in [0.2, 0.25) is 0 Å². The van der Waals surface area contributed by atoms with Crippen LogP contribution < -0.4 is 10.1 Å². The fraction of sp³-hybridized carbons (Fsp3) is 0.412. The number of carbonyl (C=O) groups excluding carboxylic acids is 1. The number of aromatic amines is 1. The number of hydrogen-bond acceptors (Lipinski definition) is 4. The number of aryl methyl sites for hydroxylation is 1. The van der Waals surface area contributed by atoms with Crippen molar-refractivity contribution in [3.05, 3.63) is 46.8 Å². The van der Waals surface area contributed by atoms with Crippen molar-refractivity contribution < 1.29 is 14.6 Å². The van der Waals surface area contributed by atoms with Gasteiger partial charge in [-0.3, -0.25) is 9.89 Å². The topological polar surface area (TPSA) is 87.2 Å². The van der Waals surface area contributed by atoms with Crippen LogP contribution >= 0.6 is 0 Å². The molecular weight excluding hydrogens is 294 g/mol. The van der Waals surface area contributed by atoms with E-state index in [2.05, 4.69) is 15.5 Å². The fourth-order valence-electron chi connectivity index (χ4n) is 2.91. The van der Waals surface area contributed by atoms with Crippen LogP contribution in [-0.2, 0) is 12.8 Å². The molecule has 1 aromatic carbocycles. The van der Waals surface area contributed by atoms with E-state index in [0.717, 1.165) is 36.9 Å². The number of aliphatic hydroxyl groups is 1. The van der Waals surface area contributed by atoms with Gasteiger partial charge >= 0.3 is 0 Å². The first-order valence-corrected chi connectivity index (χ1v) is 7.85. The molecule has 3 rings (SSSR count). The first kappa shape index (κ1) is 15.6. The number of rotatable bonds is 5. The molecule has 0 saturated heterocycles. The van der Waals surface area contributed by atoms with Crippen LogP contribution in [0.1, 0.15) is 46.3 Å². The second-order valence-corrected chi connectivity index (χ2v) is 5.74. The zero-order valence-corrected chi connectivity index (χ0v) is 13.1. The van der Waals surface area contributed by atoms with E-state index in [1.54, 1.807) is 19.2 Å². The van der Waals surface area contributed by atoms with Crippen LogP contribution in [0.4, 0.5) is 0 Å². The monoisotopic (exact) mass is 315 g/mol. The predicted octanol–water partition coefficient (Wildman–Crippen LogP) is 1.76. The van der Waals surface area contributed by atoms with Gasteiger partial charge in [0, 0.05) is 17.8 Å². The lowest BCUT2D eigenvalue weighted by molar-refractivity contribution is 0.0910. The van der Waals surface area contributed by atoms with E-state index < -0.39 is 6.10 Å². The number of methoxy groups -OCH3 is 1. The van der Waals surface area contributed by atoms with Gasteiger partial charge in [0.25, 0.3) is 5.91 Å². The molecule has 0 spiro atoms. The number of carbonyl (C=O) groups is 1. The predicted molar refractivity (Wildman–Crippen MR) is 85.5 cm³/mol. The number of H-pyrrole nitrogens is 1. The molecule has 1 heterocycles. The molecule has 1 amide bonds. The van der Waals surface area contributed by atoms with Crippen LogP contribution in [0.3, 0.4) is 0 Å². The highest BCUT2D eigenvalue weighted by Gasteiger charge is 2.22. The molecule has 1 aliphatic rings. The van der Waals surface area contributed by atoms with Gasteiger partial charge in [-0.05, 0) is 43.4 Å². The number of nitrogens with zero attached hydrogens (tertiary/aromatic N) is 1. The summed E-state index contributed by atoms with van der Waals surface area (Å²) < 4.78 is 5.14. The molecule has 1 aliphatic carbocycles.